The first-order valence-corrected chi connectivity index (χ1v) is 7.49. The maximum atomic E-state index is 11.7. The number of amides is 1. The highest BCUT2D eigenvalue weighted by Gasteiger charge is 2.19. The Bertz CT molecular complexity index is 867. The molecule has 0 unspecified atom stereocenters. The molecular weight excluding hydrogens is 298 g/mol. The molecule has 3 rings (SSSR count). The van der Waals surface area contributed by atoms with E-state index in [0.717, 1.165) is 16.7 Å². The van der Waals surface area contributed by atoms with E-state index in [1.54, 1.807) is 10.8 Å². The van der Waals surface area contributed by atoms with Crippen molar-refractivity contribution in [2.75, 3.05) is 13.2 Å². The number of carbonyl (C=O) groups is 1. The van der Waals surface area contributed by atoms with Gasteiger partial charge in [-0.15, -0.1) is 5.10 Å². The van der Waals surface area contributed by atoms with Gasteiger partial charge in [-0.2, -0.15) is 0 Å². The minimum Gasteiger partial charge on any atom is -0.443 e. The molecule has 0 saturated heterocycles. The molecule has 3 heterocycles. The first-order valence-electron chi connectivity index (χ1n) is 7.49. The van der Waals surface area contributed by atoms with Crippen LogP contribution >= 0.6 is 0 Å². The molecule has 1 amide bonds. The van der Waals surface area contributed by atoms with Gasteiger partial charge in [0.2, 0.25) is 11.6 Å². The van der Waals surface area contributed by atoms with E-state index in [9.17, 15) is 4.79 Å². The molecule has 23 heavy (non-hydrogen) atoms. The summed E-state index contributed by atoms with van der Waals surface area (Å²) in [6.45, 7) is 8.05. The fraction of sp³-hybridized carbons (Fsp3) is 0.467. The van der Waals surface area contributed by atoms with Crippen molar-refractivity contribution in [2.24, 2.45) is 0 Å². The van der Waals surface area contributed by atoms with Gasteiger partial charge in [0.1, 0.15) is 18.7 Å². The van der Waals surface area contributed by atoms with Crippen LogP contribution in [-0.2, 0) is 9.53 Å². The monoisotopic (exact) mass is 317 g/mol. The molecule has 3 aromatic heterocycles. The molecule has 0 fully saturated rings. The Morgan fingerprint density at radius 2 is 2.26 bits per heavy atom. The fourth-order valence-electron chi connectivity index (χ4n) is 2.39. The summed E-state index contributed by atoms with van der Waals surface area (Å²) in [5.74, 6) is 1.13. The number of rotatable bonds is 5. The number of nitrogens with zero attached hydrogens (tertiary/aromatic N) is 4. The quantitative estimate of drug-likeness (QED) is 0.769. The third kappa shape index (κ3) is 2.77. The Morgan fingerprint density at radius 1 is 1.48 bits per heavy atom. The summed E-state index contributed by atoms with van der Waals surface area (Å²) in [7, 11) is 0. The van der Waals surface area contributed by atoms with Crippen molar-refractivity contribution >= 4 is 22.7 Å². The fourth-order valence-corrected chi connectivity index (χ4v) is 2.39. The smallest absolute Gasteiger partial charge is 0.246 e. The standard InChI is InChI=1S/C15H19N5O3/c1-5-22-6-11(21)17-9(3)13-18-14-12-8(2)10(4)23-15(12)16-7-20(14)19-13/h7,9H,5-6H2,1-4H3,(H,17,21)/t9-/m1/s1. The van der Waals surface area contributed by atoms with Gasteiger partial charge in [0, 0.05) is 12.2 Å². The van der Waals surface area contributed by atoms with Crippen LogP contribution < -0.4 is 5.32 Å². The Kier molecular flexibility index (Phi) is 3.99. The van der Waals surface area contributed by atoms with Crippen molar-refractivity contribution in [3.05, 3.63) is 23.5 Å². The van der Waals surface area contributed by atoms with Crippen LogP contribution in [0.2, 0.25) is 0 Å². The van der Waals surface area contributed by atoms with Gasteiger partial charge in [-0.1, -0.05) is 0 Å². The minimum atomic E-state index is -0.328. The topological polar surface area (TPSA) is 94.5 Å². The molecule has 8 nitrogen and oxygen atoms in total. The maximum absolute atomic E-state index is 11.7. The summed E-state index contributed by atoms with van der Waals surface area (Å²) in [5.41, 5.74) is 2.20. The number of hydrogen-bond donors (Lipinski definition) is 1. The zero-order valence-corrected chi connectivity index (χ0v) is 13.6. The summed E-state index contributed by atoms with van der Waals surface area (Å²) < 4.78 is 12.3. The van der Waals surface area contributed by atoms with Gasteiger partial charge in [-0.3, -0.25) is 4.79 Å². The summed E-state index contributed by atoms with van der Waals surface area (Å²) in [4.78, 5) is 20.5. The van der Waals surface area contributed by atoms with E-state index in [0.29, 0.717) is 23.8 Å². The second-order valence-corrected chi connectivity index (χ2v) is 5.37. The highest BCUT2D eigenvalue weighted by atomic mass is 16.5. The zero-order chi connectivity index (χ0) is 16.6. The van der Waals surface area contributed by atoms with Crippen molar-refractivity contribution < 1.29 is 13.9 Å². The predicted octanol–water partition coefficient (Wildman–Crippen LogP) is 1.70. The number of furan rings is 1. The predicted molar refractivity (Wildman–Crippen MR) is 83.1 cm³/mol. The average Bonchev–Trinajstić information content (AvgIpc) is 3.07. The first-order chi connectivity index (χ1) is 11.0. The molecule has 0 spiro atoms. The van der Waals surface area contributed by atoms with E-state index < -0.39 is 0 Å². The van der Waals surface area contributed by atoms with Crippen LogP contribution in [0.1, 0.15) is 37.0 Å². The van der Waals surface area contributed by atoms with Gasteiger partial charge in [0.25, 0.3) is 0 Å². The van der Waals surface area contributed by atoms with Crippen molar-refractivity contribution in [2.45, 2.75) is 33.7 Å². The molecule has 8 heteroatoms. The Morgan fingerprint density at radius 3 is 3.00 bits per heavy atom. The number of carbonyl (C=O) groups excluding carboxylic acids is 1. The molecule has 1 atom stereocenters. The minimum absolute atomic E-state index is 0.0278. The molecule has 122 valence electrons. The van der Waals surface area contributed by atoms with Crippen molar-refractivity contribution in [3.63, 3.8) is 0 Å². The molecule has 0 aliphatic carbocycles. The number of hydrogen-bond acceptors (Lipinski definition) is 6. The summed E-state index contributed by atoms with van der Waals surface area (Å²) in [6, 6.07) is -0.328. The lowest BCUT2D eigenvalue weighted by Crippen LogP contribution is -2.30. The lowest BCUT2D eigenvalue weighted by molar-refractivity contribution is -0.126. The summed E-state index contributed by atoms with van der Waals surface area (Å²) >= 11 is 0. The first kappa shape index (κ1) is 15.4. The van der Waals surface area contributed by atoms with Crippen LogP contribution in [0.4, 0.5) is 0 Å². The van der Waals surface area contributed by atoms with Gasteiger partial charge in [0.05, 0.1) is 11.4 Å². The Hall–Kier alpha value is -2.48. The van der Waals surface area contributed by atoms with Crippen molar-refractivity contribution in [1.82, 2.24) is 24.9 Å². The van der Waals surface area contributed by atoms with Gasteiger partial charge in [0.15, 0.2) is 11.5 Å². The lowest BCUT2D eigenvalue weighted by atomic mass is 10.2. The largest absolute Gasteiger partial charge is 0.443 e. The van der Waals surface area contributed by atoms with Gasteiger partial charge in [-0.25, -0.2) is 14.5 Å². The van der Waals surface area contributed by atoms with E-state index in [1.165, 1.54) is 0 Å². The second kappa shape index (κ2) is 5.96. The van der Waals surface area contributed by atoms with Crippen molar-refractivity contribution in [1.29, 1.82) is 0 Å². The molecule has 0 aliphatic heterocycles. The third-order valence-corrected chi connectivity index (χ3v) is 3.72. The number of aryl methyl sites for hydroxylation is 2. The molecular formula is C15H19N5O3. The van der Waals surface area contributed by atoms with Crippen LogP contribution in [0.5, 0.6) is 0 Å². The lowest BCUT2D eigenvalue weighted by Gasteiger charge is -2.09. The summed E-state index contributed by atoms with van der Waals surface area (Å²) in [5, 5.41) is 8.05. The molecule has 0 saturated carbocycles. The van der Waals surface area contributed by atoms with E-state index in [-0.39, 0.29) is 18.6 Å². The second-order valence-electron chi connectivity index (χ2n) is 5.37. The van der Waals surface area contributed by atoms with Crippen LogP contribution in [0.15, 0.2) is 10.7 Å². The molecule has 0 aliphatic rings. The number of ether oxygens (including phenoxy) is 1. The highest BCUT2D eigenvalue weighted by Crippen LogP contribution is 2.26. The number of nitrogens with one attached hydrogen (secondary N) is 1. The molecule has 1 N–H and O–H groups in total. The van der Waals surface area contributed by atoms with E-state index >= 15 is 0 Å². The van der Waals surface area contributed by atoms with Gasteiger partial charge >= 0.3 is 0 Å². The van der Waals surface area contributed by atoms with E-state index in [1.807, 2.05) is 27.7 Å². The molecule has 0 radical (unpaired) electrons. The van der Waals surface area contributed by atoms with Crippen LogP contribution in [0.25, 0.3) is 16.7 Å². The number of fused-ring (bicyclic) bond motifs is 3. The van der Waals surface area contributed by atoms with Crippen LogP contribution in [0.3, 0.4) is 0 Å². The molecule has 0 aromatic carbocycles. The van der Waals surface area contributed by atoms with Crippen LogP contribution in [-0.4, -0.2) is 38.7 Å². The zero-order valence-electron chi connectivity index (χ0n) is 13.6. The molecule has 0 bridgehead atoms. The van der Waals surface area contributed by atoms with E-state index in [4.69, 9.17) is 9.15 Å². The normalized spacial score (nSPS) is 12.9. The van der Waals surface area contributed by atoms with E-state index in [2.05, 4.69) is 20.4 Å². The van der Waals surface area contributed by atoms with Crippen LogP contribution in [0, 0.1) is 13.8 Å². The maximum Gasteiger partial charge on any atom is 0.246 e. The van der Waals surface area contributed by atoms with Gasteiger partial charge in [-0.05, 0) is 27.7 Å². The Balaban J connectivity index is 1.93. The average molecular weight is 317 g/mol. The Labute approximate surface area is 132 Å². The SMILES string of the molecule is CCOCC(=O)N[C@H](C)c1nc2c3c(C)c(C)oc3ncn2n1. The van der Waals surface area contributed by atoms with Gasteiger partial charge < -0.3 is 14.5 Å². The molecule has 3 aromatic rings. The summed E-state index contributed by atoms with van der Waals surface area (Å²) in [6.07, 6.45) is 1.56. The third-order valence-electron chi connectivity index (χ3n) is 3.72. The van der Waals surface area contributed by atoms with Crippen molar-refractivity contribution in [3.8, 4) is 0 Å². The number of aromatic nitrogens is 4. The highest BCUT2D eigenvalue weighted by molar-refractivity contribution is 5.91.